The molecule has 138 valence electrons. The molecule has 5 nitrogen and oxygen atoms in total. The summed E-state index contributed by atoms with van der Waals surface area (Å²) in [6, 6.07) is 11.8. The molecule has 2 heterocycles. The molecule has 1 N–H and O–H groups in total. The smallest absolute Gasteiger partial charge is 0.269 e. The Morgan fingerprint density at radius 1 is 1.12 bits per heavy atom. The number of anilines is 2. The second-order valence-corrected chi connectivity index (χ2v) is 7.39. The Balaban J connectivity index is 1.62. The van der Waals surface area contributed by atoms with Gasteiger partial charge in [-0.1, -0.05) is 31.5 Å². The Labute approximate surface area is 160 Å². The van der Waals surface area contributed by atoms with Crippen LogP contribution in [0.4, 0.5) is 11.4 Å². The van der Waals surface area contributed by atoms with Crippen molar-refractivity contribution >= 4 is 28.9 Å². The molecule has 1 amide bonds. The largest absolute Gasteiger partial charge is 0.368 e. The van der Waals surface area contributed by atoms with E-state index in [1.165, 1.54) is 0 Å². The number of piperazine rings is 1. The van der Waals surface area contributed by atoms with Crippen molar-refractivity contribution < 1.29 is 4.79 Å². The number of aromatic nitrogens is 1. The summed E-state index contributed by atoms with van der Waals surface area (Å²) in [5.74, 6) is 0.305. The van der Waals surface area contributed by atoms with E-state index in [2.05, 4.69) is 40.0 Å². The van der Waals surface area contributed by atoms with Gasteiger partial charge in [-0.25, -0.2) is 0 Å². The number of amides is 1. The van der Waals surface area contributed by atoms with Crippen molar-refractivity contribution in [2.45, 2.75) is 13.8 Å². The number of nitrogens with one attached hydrogen (secondary N) is 1. The average molecular weight is 373 g/mol. The quantitative estimate of drug-likeness (QED) is 0.873. The van der Waals surface area contributed by atoms with Crippen molar-refractivity contribution in [3.05, 3.63) is 53.3 Å². The van der Waals surface area contributed by atoms with Crippen molar-refractivity contribution in [3.8, 4) is 0 Å². The number of hydrogen-bond donors (Lipinski definition) is 1. The molecule has 1 aliphatic rings. The average Bonchev–Trinajstić information content (AvgIpc) is 2.66. The van der Waals surface area contributed by atoms with Crippen LogP contribution in [0, 0.1) is 5.92 Å². The molecule has 2 aromatic rings. The molecule has 0 bridgehead atoms. The van der Waals surface area contributed by atoms with Gasteiger partial charge < -0.3 is 15.1 Å². The number of rotatable bonds is 5. The van der Waals surface area contributed by atoms with Gasteiger partial charge in [0, 0.05) is 55.3 Å². The van der Waals surface area contributed by atoms with Gasteiger partial charge >= 0.3 is 0 Å². The van der Waals surface area contributed by atoms with Gasteiger partial charge in [0.2, 0.25) is 0 Å². The van der Waals surface area contributed by atoms with Gasteiger partial charge in [0.1, 0.15) is 5.69 Å². The van der Waals surface area contributed by atoms with Crippen LogP contribution in [0.5, 0.6) is 0 Å². The van der Waals surface area contributed by atoms with Crippen LogP contribution in [-0.4, -0.2) is 43.6 Å². The van der Waals surface area contributed by atoms with Crippen LogP contribution >= 0.6 is 11.6 Å². The third-order valence-electron chi connectivity index (χ3n) is 4.47. The topological polar surface area (TPSA) is 48.5 Å². The van der Waals surface area contributed by atoms with E-state index in [1.807, 2.05) is 30.3 Å². The summed E-state index contributed by atoms with van der Waals surface area (Å²) in [6.45, 7) is 8.42. The highest BCUT2D eigenvalue weighted by Crippen LogP contribution is 2.23. The van der Waals surface area contributed by atoms with E-state index in [4.69, 9.17) is 11.6 Å². The number of hydrogen-bond acceptors (Lipinski definition) is 4. The Bertz CT molecular complexity index is 757. The predicted octanol–water partition coefficient (Wildman–Crippen LogP) is 3.45. The maximum Gasteiger partial charge on any atom is 0.269 e. The first-order chi connectivity index (χ1) is 12.5. The van der Waals surface area contributed by atoms with Gasteiger partial charge in [-0.3, -0.25) is 9.78 Å². The standard InChI is InChI=1S/C20H25ClN4O/c1-15(2)14-23-20(26)19-13-18(6-7-22-19)25-10-8-24(9-11-25)17-5-3-4-16(21)12-17/h3-7,12-13,15H,8-11,14H2,1-2H3,(H,23,26). The van der Waals surface area contributed by atoms with Crippen molar-refractivity contribution in [2.75, 3.05) is 42.5 Å². The molecule has 0 spiro atoms. The minimum Gasteiger partial charge on any atom is -0.368 e. The molecule has 1 fully saturated rings. The van der Waals surface area contributed by atoms with Crippen LogP contribution in [0.2, 0.25) is 5.02 Å². The Hall–Kier alpha value is -2.27. The van der Waals surface area contributed by atoms with Crippen LogP contribution in [0.1, 0.15) is 24.3 Å². The third kappa shape index (κ3) is 4.67. The van der Waals surface area contributed by atoms with Crippen molar-refractivity contribution in [2.24, 2.45) is 5.92 Å². The molecular formula is C20H25ClN4O. The lowest BCUT2D eigenvalue weighted by Gasteiger charge is -2.37. The first-order valence-electron chi connectivity index (χ1n) is 9.02. The molecule has 0 aliphatic carbocycles. The van der Waals surface area contributed by atoms with E-state index in [0.29, 0.717) is 18.2 Å². The number of carbonyl (C=O) groups excluding carboxylic acids is 1. The van der Waals surface area contributed by atoms with E-state index in [0.717, 1.165) is 42.6 Å². The normalized spacial score (nSPS) is 14.6. The van der Waals surface area contributed by atoms with E-state index < -0.39 is 0 Å². The molecule has 3 rings (SSSR count). The summed E-state index contributed by atoms with van der Waals surface area (Å²) >= 11 is 6.10. The minimum atomic E-state index is -0.113. The molecule has 1 saturated heterocycles. The monoisotopic (exact) mass is 372 g/mol. The van der Waals surface area contributed by atoms with E-state index >= 15 is 0 Å². The van der Waals surface area contributed by atoms with E-state index in [1.54, 1.807) is 6.20 Å². The van der Waals surface area contributed by atoms with Crippen molar-refractivity contribution in [1.82, 2.24) is 10.3 Å². The lowest BCUT2D eigenvalue weighted by atomic mass is 10.2. The fourth-order valence-corrected chi connectivity index (χ4v) is 3.21. The predicted molar refractivity (Wildman–Crippen MR) is 107 cm³/mol. The SMILES string of the molecule is CC(C)CNC(=O)c1cc(N2CCN(c3cccc(Cl)c3)CC2)ccn1. The number of nitrogens with zero attached hydrogens (tertiary/aromatic N) is 3. The van der Waals surface area contributed by atoms with Crippen LogP contribution in [0.3, 0.4) is 0 Å². The van der Waals surface area contributed by atoms with Crippen LogP contribution < -0.4 is 15.1 Å². The second-order valence-electron chi connectivity index (χ2n) is 6.96. The fraction of sp³-hybridized carbons (Fsp3) is 0.400. The summed E-state index contributed by atoms with van der Waals surface area (Å²) in [5, 5.41) is 3.68. The Kier molecular flexibility index (Phi) is 5.99. The maximum atomic E-state index is 12.2. The molecule has 1 aromatic carbocycles. The second kappa shape index (κ2) is 8.41. The lowest BCUT2D eigenvalue weighted by molar-refractivity contribution is 0.0944. The van der Waals surface area contributed by atoms with Gasteiger partial charge in [-0.05, 0) is 36.2 Å². The zero-order chi connectivity index (χ0) is 18.5. The van der Waals surface area contributed by atoms with Crippen molar-refractivity contribution in [1.29, 1.82) is 0 Å². The molecule has 0 unspecified atom stereocenters. The Morgan fingerprint density at radius 2 is 1.77 bits per heavy atom. The molecule has 0 saturated carbocycles. The van der Waals surface area contributed by atoms with Crippen molar-refractivity contribution in [3.63, 3.8) is 0 Å². The summed E-state index contributed by atoms with van der Waals surface area (Å²) in [7, 11) is 0. The first kappa shape index (κ1) is 18.5. The molecular weight excluding hydrogens is 348 g/mol. The molecule has 6 heteroatoms. The molecule has 0 radical (unpaired) electrons. The zero-order valence-corrected chi connectivity index (χ0v) is 16.0. The van der Waals surface area contributed by atoms with Crippen LogP contribution in [0.15, 0.2) is 42.6 Å². The maximum absolute atomic E-state index is 12.2. The van der Waals surface area contributed by atoms with Gasteiger partial charge in [0.15, 0.2) is 0 Å². The van der Waals surface area contributed by atoms with Gasteiger partial charge in [-0.2, -0.15) is 0 Å². The summed E-state index contributed by atoms with van der Waals surface area (Å²) in [6.07, 6.45) is 1.71. The first-order valence-corrected chi connectivity index (χ1v) is 9.40. The third-order valence-corrected chi connectivity index (χ3v) is 4.70. The fourth-order valence-electron chi connectivity index (χ4n) is 3.02. The number of benzene rings is 1. The summed E-state index contributed by atoms with van der Waals surface area (Å²) < 4.78 is 0. The number of carbonyl (C=O) groups is 1. The van der Waals surface area contributed by atoms with E-state index in [-0.39, 0.29) is 5.91 Å². The lowest BCUT2D eigenvalue weighted by Crippen LogP contribution is -2.46. The minimum absolute atomic E-state index is 0.113. The molecule has 1 aromatic heterocycles. The van der Waals surface area contributed by atoms with E-state index in [9.17, 15) is 4.79 Å². The summed E-state index contributed by atoms with van der Waals surface area (Å²) in [5.41, 5.74) is 2.67. The Morgan fingerprint density at radius 3 is 2.38 bits per heavy atom. The molecule has 26 heavy (non-hydrogen) atoms. The van der Waals surface area contributed by atoms with Gasteiger partial charge in [0.05, 0.1) is 0 Å². The van der Waals surface area contributed by atoms with Gasteiger partial charge in [0.25, 0.3) is 5.91 Å². The molecule has 0 atom stereocenters. The highest BCUT2D eigenvalue weighted by atomic mass is 35.5. The zero-order valence-electron chi connectivity index (χ0n) is 15.3. The number of pyridine rings is 1. The summed E-state index contributed by atoms with van der Waals surface area (Å²) in [4.78, 5) is 21.1. The highest BCUT2D eigenvalue weighted by Gasteiger charge is 2.19. The molecule has 1 aliphatic heterocycles. The number of halogens is 1. The highest BCUT2D eigenvalue weighted by molar-refractivity contribution is 6.30. The van der Waals surface area contributed by atoms with Gasteiger partial charge in [-0.15, -0.1) is 0 Å². The van der Waals surface area contributed by atoms with Crippen LogP contribution in [-0.2, 0) is 0 Å². The van der Waals surface area contributed by atoms with Crippen LogP contribution in [0.25, 0.3) is 0 Å².